The van der Waals surface area contributed by atoms with Gasteiger partial charge in [0.25, 0.3) is 5.89 Å². The molecule has 0 aliphatic heterocycles. The fraction of sp³-hybridized carbons (Fsp3) is 0.286. The summed E-state index contributed by atoms with van der Waals surface area (Å²) in [5.74, 6) is 2.01. The van der Waals surface area contributed by atoms with E-state index in [1.165, 1.54) is 11.3 Å². The van der Waals surface area contributed by atoms with Gasteiger partial charge < -0.3 is 4.52 Å². The van der Waals surface area contributed by atoms with E-state index in [1.807, 2.05) is 11.6 Å². The smallest absolute Gasteiger partial charge is 0.286 e. The average molecular weight is 213 g/mol. The van der Waals surface area contributed by atoms with Crippen LogP contribution in [0.2, 0.25) is 0 Å². The molecule has 0 aliphatic rings. The molecule has 2 heterocycles. The summed E-state index contributed by atoms with van der Waals surface area (Å²) in [6.07, 6.45) is 3.72. The molecule has 6 heteroatoms. The van der Waals surface area contributed by atoms with Gasteiger partial charge in [0.2, 0.25) is 0 Å². The summed E-state index contributed by atoms with van der Waals surface area (Å²) in [4.78, 5) is 8.27. The Balaban J connectivity index is 2.23. The van der Waals surface area contributed by atoms with Gasteiger partial charge in [-0.05, 0) is 6.26 Å². The van der Waals surface area contributed by atoms with Gasteiger partial charge in [-0.3, -0.25) is 0 Å². The van der Waals surface area contributed by atoms with Gasteiger partial charge in [-0.15, -0.1) is 11.3 Å². The van der Waals surface area contributed by atoms with Crippen molar-refractivity contribution in [3.8, 4) is 10.9 Å². The molecule has 13 heavy (non-hydrogen) atoms. The van der Waals surface area contributed by atoms with Crippen LogP contribution in [0.4, 0.5) is 0 Å². The van der Waals surface area contributed by atoms with Crippen LogP contribution < -0.4 is 0 Å². The van der Waals surface area contributed by atoms with Gasteiger partial charge in [0.05, 0.1) is 5.75 Å². The Labute approximate surface area is 83.4 Å². The van der Waals surface area contributed by atoms with Crippen LogP contribution >= 0.6 is 23.1 Å². The van der Waals surface area contributed by atoms with Gasteiger partial charge in [-0.25, -0.2) is 4.98 Å². The first kappa shape index (κ1) is 8.71. The summed E-state index contributed by atoms with van der Waals surface area (Å²) in [5.41, 5.74) is 0. The number of hydrogen-bond acceptors (Lipinski definition) is 6. The molecular formula is C7H7N3OS2. The number of thioether (sulfide) groups is 1. The van der Waals surface area contributed by atoms with Crippen LogP contribution in [0.5, 0.6) is 0 Å². The fourth-order valence-corrected chi connectivity index (χ4v) is 1.79. The first-order valence-corrected chi connectivity index (χ1v) is 5.89. The molecule has 0 radical (unpaired) electrons. The minimum atomic E-state index is 0.513. The summed E-state index contributed by atoms with van der Waals surface area (Å²) in [6, 6.07) is 0. The van der Waals surface area contributed by atoms with E-state index in [2.05, 4.69) is 15.1 Å². The molecule has 2 aromatic heterocycles. The summed E-state index contributed by atoms with van der Waals surface area (Å²) in [5, 5.41) is 6.48. The topological polar surface area (TPSA) is 51.8 Å². The molecule has 0 aromatic carbocycles. The molecule has 0 amide bonds. The van der Waals surface area contributed by atoms with Crippen molar-refractivity contribution in [2.75, 3.05) is 6.26 Å². The second-order valence-corrected chi connectivity index (χ2v) is 4.05. The van der Waals surface area contributed by atoms with Crippen molar-refractivity contribution in [2.24, 2.45) is 0 Å². The van der Waals surface area contributed by atoms with Crippen LogP contribution in [0.25, 0.3) is 10.9 Å². The van der Waals surface area contributed by atoms with E-state index >= 15 is 0 Å². The number of hydrogen-bond donors (Lipinski definition) is 0. The van der Waals surface area contributed by atoms with E-state index in [1.54, 1.807) is 18.0 Å². The van der Waals surface area contributed by atoms with Crippen molar-refractivity contribution in [3.63, 3.8) is 0 Å². The molecule has 0 N–H and O–H groups in total. The number of rotatable bonds is 3. The van der Waals surface area contributed by atoms with E-state index in [0.29, 0.717) is 5.89 Å². The normalized spacial score (nSPS) is 10.5. The molecule has 0 saturated heterocycles. The second kappa shape index (κ2) is 3.89. The predicted octanol–water partition coefficient (Wildman–Crippen LogP) is 2.06. The van der Waals surface area contributed by atoms with E-state index in [0.717, 1.165) is 16.6 Å². The highest BCUT2D eigenvalue weighted by atomic mass is 32.2. The Bertz CT molecular complexity index is 371. The van der Waals surface area contributed by atoms with Gasteiger partial charge in [-0.2, -0.15) is 16.7 Å². The zero-order valence-electron chi connectivity index (χ0n) is 6.93. The molecule has 0 unspecified atom stereocenters. The third-order valence-corrected chi connectivity index (χ3v) is 2.66. The van der Waals surface area contributed by atoms with E-state index in [4.69, 9.17) is 4.52 Å². The maximum atomic E-state index is 5.04. The lowest BCUT2D eigenvalue weighted by molar-refractivity contribution is 0.425. The monoisotopic (exact) mass is 213 g/mol. The molecule has 0 fully saturated rings. The van der Waals surface area contributed by atoms with Crippen LogP contribution in [0.3, 0.4) is 0 Å². The summed E-state index contributed by atoms with van der Waals surface area (Å²) < 4.78 is 5.04. The van der Waals surface area contributed by atoms with E-state index < -0.39 is 0 Å². The maximum Gasteiger partial charge on any atom is 0.286 e. The van der Waals surface area contributed by atoms with Gasteiger partial charge in [0, 0.05) is 11.6 Å². The third kappa shape index (κ3) is 1.89. The molecule has 2 aromatic rings. The largest absolute Gasteiger partial charge is 0.331 e. The lowest BCUT2D eigenvalue weighted by Gasteiger charge is -1.83. The Morgan fingerprint density at radius 3 is 3.23 bits per heavy atom. The first-order valence-electron chi connectivity index (χ1n) is 3.61. The highest BCUT2D eigenvalue weighted by Gasteiger charge is 2.09. The minimum absolute atomic E-state index is 0.513. The van der Waals surface area contributed by atoms with Gasteiger partial charge in [0.15, 0.2) is 10.8 Å². The molecule has 0 atom stereocenters. The summed E-state index contributed by atoms with van der Waals surface area (Å²) >= 11 is 3.16. The third-order valence-electron chi connectivity index (χ3n) is 1.36. The van der Waals surface area contributed by atoms with Gasteiger partial charge in [-0.1, -0.05) is 5.16 Å². The lowest BCUT2D eigenvalue weighted by atomic mass is 10.6. The van der Waals surface area contributed by atoms with Crippen molar-refractivity contribution < 1.29 is 4.52 Å². The van der Waals surface area contributed by atoms with E-state index in [9.17, 15) is 0 Å². The van der Waals surface area contributed by atoms with Gasteiger partial charge >= 0.3 is 0 Å². The zero-order chi connectivity index (χ0) is 9.10. The van der Waals surface area contributed by atoms with Crippen molar-refractivity contribution >= 4 is 23.1 Å². The average Bonchev–Trinajstić information content (AvgIpc) is 2.70. The molecule has 0 saturated carbocycles. The quantitative estimate of drug-likeness (QED) is 0.781. The zero-order valence-corrected chi connectivity index (χ0v) is 8.56. The Hall–Kier alpha value is -0.880. The number of thiazole rings is 1. The molecule has 4 nitrogen and oxygen atoms in total. The van der Waals surface area contributed by atoms with Gasteiger partial charge in [0.1, 0.15) is 0 Å². The predicted molar refractivity (Wildman–Crippen MR) is 52.6 cm³/mol. The fourth-order valence-electron chi connectivity index (χ4n) is 0.858. The molecule has 0 bridgehead atoms. The molecule has 2 rings (SSSR count). The first-order chi connectivity index (χ1) is 6.40. The van der Waals surface area contributed by atoms with Crippen LogP contribution in [0.1, 0.15) is 5.82 Å². The molecule has 0 spiro atoms. The van der Waals surface area contributed by atoms with Crippen LogP contribution in [-0.2, 0) is 5.75 Å². The Morgan fingerprint density at radius 1 is 1.62 bits per heavy atom. The number of aromatic nitrogens is 3. The van der Waals surface area contributed by atoms with Crippen molar-refractivity contribution in [2.45, 2.75) is 5.75 Å². The van der Waals surface area contributed by atoms with E-state index in [-0.39, 0.29) is 0 Å². The van der Waals surface area contributed by atoms with Crippen LogP contribution in [0.15, 0.2) is 16.1 Å². The lowest BCUT2D eigenvalue weighted by Crippen LogP contribution is -1.81. The SMILES string of the molecule is CSCc1noc(-c2nccs2)n1. The maximum absolute atomic E-state index is 5.04. The molecular weight excluding hydrogens is 206 g/mol. The van der Waals surface area contributed by atoms with Crippen molar-refractivity contribution in [1.29, 1.82) is 0 Å². The second-order valence-electron chi connectivity index (χ2n) is 2.29. The van der Waals surface area contributed by atoms with Crippen molar-refractivity contribution in [1.82, 2.24) is 15.1 Å². The standard InChI is InChI=1S/C7H7N3OS2/c1-12-4-5-9-6(11-10-5)7-8-2-3-13-7/h2-3H,4H2,1H3. The van der Waals surface area contributed by atoms with Crippen LogP contribution in [0, 0.1) is 0 Å². The van der Waals surface area contributed by atoms with Crippen LogP contribution in [-0.4, -0.2) is 21.4 Å². The molecule has 68 valence electrons. The Kier molecular flexibility index (Phi) is 2.60. The highest BCUT2D eigenvalue weighted by Crippen LogP contribution is 2.19. The minimum Gasteiger partial charge on any atom is -0.331 e. The highest BCUT2D eigenvalue weighted by molar-refractivity contribution is 7.97. The molecule has 0 aliphatic carbocycles. The Morgan fingerprint density at radius 2 is 2.54 bits per heavy atom. The number of nitrogens with zero attached hydrogens (tertiary/aromatic N) is 3. The van der Waals surface area contributed by atoms with Crippen molar-refractivity contribution in [3.05, 3.63) is 17.4 Å². The summed E-state index contributed by atoms with van der Waals surface area (Å²) in [6.45, 7) is 0. The summed E-state index contributed by atoms with van der Waals surface area (Å²) in [7, 11) is 0.